The molecule has 0 radical (unpaired) electrons. The maximum Gasteiger partial charge on any atom is 0.407 e. The van der Waals surface area contributed by atoms with Gasteiger partial charge in [-0.15, -0.1) is 0 Å². The van der Waals surface area contributed by atoms with Gasteiger partial charge in [0.1, 0.15) is 18.5 Å². The predicted octanol–water partition coefficient (Wildman–Crippen LogP) is 4.43. The van der Waals surface area contributed by atoms with E-state index in [0.717, 1.165) is 43.1 Å². The van der Waals surface area contributed by atoms with E-state index in [4.69, 9.17) is 14.2 Å². The highest BCUT2D eigenvalue weighted by atomic mass is 16.5. The second-order valence-electron chi connectivity index (χ2n) is 12.1. The molecule has 1 aromatic carbocycles. The van der Waals surface area contributed by atoms with Crippen molar-refractivity contribution in [3.05, 3.63) is 42.6 Å². The molecule has 3 fully saturated rings. The molecule has 216 valence electrons. The third-order valence-electron chi connectivity index (χ3n) is 8.47. The van der Waals surface area contributed by atoms with E-state index in [1.807, 2.05) is 18.2 Å². The van der Waals surface area contributed by atoms with Crippen LogP contribution in [0.15, 0.2) is 42.6 Å². The van der Waals surface area contributed by atoms with Gasteiger partial charge in [0.2, 0.25) is 5.88 Å². The van der Waals surface area contributed by atoms with E-state index in [9.17, 15) is 14.7 Å². The quantitative estimate of drug-likeness (QED) is 0.581. The van der Waals surface area contributed by atoms with Crippen LogP contribution in [0.3, 0.4) is 0 Å². The van der Waals surface area contributed by atoms with Crippen molar-refractivity contribution < 1.29 is 28.9 Å². The van der Waals surface area contributed by atoms with Crippen molar-refractivity contribution in [2.24, 2.45) is 5.41 Å². The molecule has 1 spiro atoms. The summed E-state index contributed by atoms with van der Waals surface area (Å²) in [5.41, 5.74) is 1.35. The van der Waals surface area contributed by atoms with Gasteiger partial charge in [0.25, 0.3) is 5.91 Å². The standard InChI is InChI=1S/C30H40N4O6/c1-29(2,3)25-17-24(11-14-33(25)28(36)37)40-23-8-5-21(6-9-23)32-15-12-30(13-16-32)20-34(27(35)19-39-30)22-7-10-26(38-4)31-18-22/h5-10,18,24-25H,11-17,19-20H2,1-4H3,(H,36,37). The number of methoxy groups -OCH3 is 1. The number of amides is 2. The zero-order valence-electron chi connectivity index (χ0n) is 23.8. The van der Waals surface area contributed by atoms with Gasteiger partial charge in [0.15, 0.2) is 0 Å². The second-order valence-corrected chi connectivity index (χ2v) is 12.1. The van der Waals surface area contributed by atoms with Gasteiger partial charge in [0, 0.05) is 50.3 Å². The molecule has 10 heteroatoms. The number of benzene rings is 1. The van der Waals surface area contributed by atoms with Crippen molar-refractivity contribution in [2.75, 3.05) is 49.7 Å². The number of likely N-dealkylation sites (tertiary alicyclic amines) is 1. The van der Waals surface area contributed by atoms with E-state index in [1.165, 1.54) is 0 Å². The molecule has 5 rings (SSSR count). The Morgan fingerprint density at radius 1 is 1.07 bits per heavy atom. The Hall–Kier alpha value is -3.53. The van der Waals surface area contributed by atoms with Gasteiger partial charge >= 0.3 is 6.09 Å². The van der Waals surface area contributed by atoms with E-state index in [-0.39, 0.29) is 35.7 Å². The number of aromatic nitrogens is 1. The van der Waals surface area contributed by atoms with Crippen LogP contribution in [0, 0.1) is 5.41 Å². The van der Waals surface area contributed by atoms with Gasteiger partial charge in [-0.05, 0) is 48.6 Å². The lowest BCUT2D eigenvalue weighted by Crippen LogP contribution is -2.59. The van der Waals surface area contributed by atoms with Crippen LogP contribution in [0.1, 0.15) is 46.5 Å². The van der Waals surface area contributed by atoms with Crippen LogP contribution in [-0.2, 0) is 9.53 Å². The van der Waals surface area contributed by atoms with Crippen LogP contribution in [0.25, 0.3) is 0 Å². The van der Waals surface area contributed by atoms with Gasteiger partial charge in [-0.25, -0.2) is 9.78 Å². The minimum absolute atomic E-state index is 0.0180. The van der Waals surface area contributed by atoms with E-state index in [1.54, 1.807) is 29.2 Å². The van der Waals surface area contributed by atoms with Gasteiger partial charge in [0.05, 0.1) is 31.1 Å². The normalized spacial score (nSPS) is 23.3. The SMILES string of the molecule is COc1ccc(N2CC3(CCN(c4ccc(OC5CCN(C(=O)O)C(C(C)(C)C)C5)cc4)CC3)OCC2=O)cn1. The van der Waals surface area contributed by atoms with Crippen molar-refractivity contribution >= 4 is 23.4 Å². The van der Waals surface area contributed by atoms with Crippen molar-refractivity contribution in [3.63, 3.8) is 0 Å². The number of morpholine rings is 1. The van der Waals surface area contributed by atoms with Gasteiger partial charge < -0.3 is 34.0 Å². The lowest BCUT2D eigenvalue weighted by molar-refractivity contribution is -0.141. The highest BCUT2D eigenvalue weighted by Crippen LogP contribution is 2.36. The summed E-state index contributed by atoms with van der Waals surface area (Å²) < 4.78 is 17.6. The number of carbonyl (C=O) groups excluding carboxylic acids is 1. The number of hydrogen-bond acceptors (Lipinski definition) is 7. The maximum absolute atomic E-state index is 12.6. The molecule has 3 aliphatic heterocycles. The van der Waals surface area contributed by atoms with Crippen molar-refractivity contribution in [1.29, 1.82) is 0 Å². The monoisotopic (exact) mass is 552 g/mol. The molecule has 3 aliphatic rings. The Labute approximate surface area is 235 Å². The molecule has 1 aromatic heterocycles. The molecule has 3 saturated heterocycles. The molecule has 10 nitrogen and oxygen atoms in total. The van der Waals surface area contributed by atoms with Crippen molar-refractivity contribution in [3.8, 4) is 11.6 Å². The van der Waals surface area contributed by atoms with E-state index < -0.39 is 6.09 Å². The zero-order chi connectivity index (χ0) is 28.5. The number of nitrogens with zero attached hydrogens (tertiary/aromatic N) is 4. The number of carbonyl (C=O) groups is 2. The average Bonchev–Trinajstić information content (AvgIpc) is 2.95. The van der Waals surface area contributed by atoms with E-state index >= 15 is 0 Å². The number of hydrogen-bond donors (Lipinski definition) is 1. The zero-order valence-corrected chi connectivity index (χ0v) is 23.8. The minimum Gasteiger partial charge on any atom is -0.490 e. The molecular weight excluding hydrogens is 512 g/mol. The Kier molecular flexibility index (Phi) is 7.81. The van der Waals surface area contributed by atoms with Crippen LogP contribution >= 0.6 is 0 Å². The molecule has 2 unspecified atom stereocenters. The molecule has 2 amide bonds. The highest BCUT2D eigenvalue weighted by molar-refractivity contribution is 5.95. The fourth-order valence-corrected chi connectivity index (χ4v) is 6.10. The van der Waals surface area contributed by atoms with Gasteiger partial charge in [-0.2, -0.15) is 0 Å². The van der Waals surface area contributed by atoms with Crippen LogP contribution in [0.2, 0.25) is 0 Å². The first-order valence-corrected chi connectivity index (χ1v) is 14.0. The second kappa shape index (κ2) is 11.2. The lowest BCUT2D eigenvalue weighted by atomic mass is 9.80. The van der Waals surface area contributed by atoms with Crippen molar-refractivity contribution in [2.45, 2.75) is 64.2 Å². The number of anilines is 2. The number of pyridine rings is 1. The summed E-state index contributed by atoms with van der Waals surface area (Å²) in [6, 6.07) is 11.7. The third-order valence-corrected chi connectivity index (χ3v) is 8.47. The molecule has 2 atom stereocenters. The number of rotatable bonds is 5. The summed E-state index contributed by atoms with van der Waals surface area (Å²) in [7, 11) is 1.57. The van der Waals surface area contributed by atoms with Crippen LogP contribution in [0.4, 0.5) is 16.2 Å². The summed E-state index contributed by atoms with van der Waals surface area (Å²) in [6.07, 6.45) is 3.79. The first-order chi connectivity index (χ1) is 19.1. The predicted molar refractivity (Wildman–Crippen MR) is 151 cm³/mol. The van der Waals surface area contributed by atoms with Crippen LogP contribution in [0.5, 0.6) is 11.6 Å². The van der Waals surface area contributed by atoms with Crippen molar-refractivity contribution in [1.82, 2.24) is 9.88 Å². The van der Waals surface area contributed by atoms with Gasteiger partial charge in [-0.1, -0.05) is 20.8 Å². The average molecular weight is 553 g/mol. The first kappa shape index (κ1) is 28.0. The summed E-state index contributed by atoms with van der Waals surface area (Å²) >= 11 is 0. The Morgan fingerprint density at radius 3 is 2.38 bits per heavy atom. The Balaban J connectivity index is 1.17. The summed E-state index contributed by atoms with van der Waals surface area (Å²) in [5, 5.41) is 9.63. The summed E-state index contributed by atoms with van der Waals surface area (Å²) in [6.45, 7) is 8.95. The summed E-state index contributed by atoms with van der Waals surface area (Å²) in [5.74, 6) is 1.26. The molecule has 0 saturated carbocycles. The number of piperidine rings is 2. The molecule has 0 bridgehead atoms. The third kappa shape index (κ3) is 5.96. The molecule has 1 N–H and O–H groups in total. The van der Waals surface area contributed by atoms with E-state index in [2.05, 4.69) is 42.8 Å². The highest BCUT2D eigenvalue weighted by Gasteiger charge is 2.43. The van der Waals surface area contributed by atoms with E-state index in [0.29, 0.717) is 31.8 Å². The molecule has 0 aliphatic carbocycles. The minimum atomic E-state index is -0.860. The first-order valence-electron chi connectivity index (χ1n) is 14.0. The fraction of sp³-hybridized carbons (Fsp3) is 0.567. The molecular formula is C30H40N4O6. The van der Waals surface area contributed by atoms with Crippen LogP contribution < -0.4 is 19.3 Å². The fourth-order valence-electron chi connectivity index (χ4n) is 6.10. The van der Waals surface area contributed by atoms with Crippen LogP contribution in [-0.4, -0.2) is 84.6 Å². The lowest BCUT2D eigenvalue weighted by Gasteiger charge is -2.47. The Bertz CT molecular complexity index is 1190. The maximum atomic E-state index is 12.6. The number of ether oxygens (including phenoxy) is 3. The summed E-state index contributed by atoms with van der Waals surface area (Å²) in [4.78, 5) is 34.3. The topological polar surface area (TPSA) is 105 Å². The smallest absolute Gasteiger partial charge is 0.407 e. The van der Waals surface area contributed by atoms with Gasteiger partial charge in [-0.3, -0.25) is 4.79 Å². The molecule has 2 aromatic rings. The largest absolute Gasteiger partial charge is 0.490 e. The Morgan fingerprint density at radius 2 is 1.77 bits per heavy atom. The molecule has 40 heavy (non-hydrogen) atoms. The number of carboxylic acid groups (broad SMARTS) is 1. The molecule has 4 heterocycles.